The van der Waals surface area contributed by atoms with Crippen molar-refractivity contribution in [1.29, 1.82) is 0 Å². The van der Waals surface area contributed by atoms with E-state index in [9.17, 15) is 17.3 Å². The fourth-order valence-electron chi connectivity index (χ4n) is 5.11. The molecule has 1 radical (unpaired) electrons. The molecule has 213 valence electrons. The number of halogens is 4. The predicted molar refractivity (Wildman–Crippen MR) is 160 cm³/mol. The van der Waals surface area contributed by atoms with Crippen LogP contribution in [0.1, 0.15) is 66.2 Å². The fourth-order valence-corrected chi connectivity index (χ4v) is 11.3. The molecule has 2 fully saturated rings. The third-order valence-electron chi connectivity index (χ3n) is 6.71. The van der Waals surface area contributed by atoms with Gasteiger partial charge in [0.25, 0.3) is 0 Å². The van der Waals surface area contributed by atoms with Crippen LogP contribution in [0.5, 0.6) is 0 Å². The molecule has 2 aromatic rings. The van der Waals surface area contributed by atoms with Crippen molar-refractivity contribution in [2.45, 2.75) is 88.9 Å². The average Bonchev–Trinajstić information content (AvgIpc) is 2.79. The molecular formula is C30H42BF4P2Rh-. The van der Waals surface area contributed by atoms with Gasteiger partial charge in [-0.3, -0.25) is 0 Å². The van der Waals surface area contributed by atoms with Gasteiger partial charge in [0.1, 0.15) is 0 Å². The van der Waals surface area contributed by atoms with E-state index in [2.05, 4.69) is 113 Å². The standard InChI is InChI=1S/2C11H15P.C8H12.BF4.Rh/c2*1-9-8-10(2)12(9)11-6-4-3-5-7-11;1-2-4-6-8-7-5-3-1;2-1(3,4)5;/h2*3-7,9-10H,8H2,1-2H3;1-2,7-8H,3-6H2;;/q;;;-1;/b;;2-1-,8-7?;;/t2*9-,10-;;;/m11.../s1. The van der Waals surface area contributed by atoms with Crippen LogP contribution in [0.4, 0.5) is 17.3 Å². The van der Waals surface area contributed by atoms with Crippen molar-refractivity contribution in [3.8, 4) is 0 Å². The summed E-state index contributed by atoms with van der Waals surface area (Å²) in [6.07, 6.45) is 16.9. The van der Waals surface area contributed by atoms with Crippen LogP contribution in [0.3, 0.4) is 0 Å². The number of benzene rings is 2. The first-order valence-corrected chi connectivity index (χ1v) is 16.4. The molecule has 0 spiro atoms. The summed E-state index contributed by atoms with van der Waals surface area (Å²) in [5.74, 6) is 0. The van der Waals surface area contributed by atoms with Crippen LogP contribution in [0, 0.1) is 0 Å². The molecule has 0 nitrogen and oxygen atoms in total. The molecule has 0 bridgehead atoms. The van der Waals surface area contributed by atoms with E-state index in [0.717, 1.165) is 22.6 Å². The van der Waals surface area contributed by atoms with Crippen molar-refractivity contribution >= 4 is 33.7 Å². The quantitative estimate of drug-likeness (QED) is 0.131. The summed E-state index contributed by atoms with van der Waals surface area (Å²) in [4.78, 5) is 0. The molecular weight excluding hydrogens is 612 g/mol. The zero-order valence-electron chi connectivity index (χ0n) is 23.0. The number of rotatable bonds is 2. The molecule has 0 N–H and O–H groups in total. The van der Waals surface area contributed by atoms with E-state index in [1.54, 1.807) is 10.6 Å². The van der Waals surface area contributed by atoms with E-state index in [1.807, 2.05) is 0 Å². The van der Waals surface area contributed by atoms with Gasteiger partial charge < -0.3 is 17.3 Å². The summed E-state index contributed by atoms with van der Waals surface area (Å²) < 4.78 is 39.0. The maximum atomic E-state index is 9.75. The second-order valence-corrected chi connectivity index (χ2v) is 16.1. The van der Waals surface area contributed by atoms with E-state index >= 15 is 0 Å². The van der Waals surface area contributed by atoms with Crippen molar-refractivity contribution < 1.29 is 36.7 Å². The minimum Gasteiger partial charge on any atom is -0.418 e. The van der Waals surface area contributed by atoms with Crippen LogP contribution in [0.2, 0.25) is 0 Å². The van der Waals surface area contributed by atoms with Crippen molar-refractivity contribution in [1.82, 2.24) is 0 Å². The summed E-state index contributed by atoms with van der Waals surface area (Å²) in [7, 11) is -5.63. The molecule has 2 heterocycles. The first kappa shape index (κ1) is 35.2. The third-order valence-corrected chi connectivity index (χ3v) is 13.1. The maximum Gasteiger partial charge on any atom is 0.673 e. The Hall–Kier alpha value is -0.812. The Morgan fingerprint density at radius 1 is 0.526 bits per heavy atom. The molecule has 2 aromatic carbocycles. The van der Waals surface area contributed by atoms with Gasteiger partial charge in [0.05, 0.1) is 0 Å². The monoisotopic (exact) mass is 654 g/mol. The second-order valence-electron chi connectivity index (χ2n) is 9.95. The maximum absolute atomic E-state index is 9.75. The largest absolute Gasteiger partial charge is 0.673 e. The van der Waals surface area contributed by atoms with Gasteiger partial charge in [-0.05, 0) is 71.8 Å². The summed E-state index contributed by atoms with van der Waals surface area (Å²) in [6.45, 7) is 9.55. The van der Waals surface area contributed by atoms with Crippen LogP contribution in [-0.4, -0.2) is 29.9 Å². The zero-order chi connectivity index (χ0) is 27.3. The van der Waals surface area contributed by atoms with Gasteiger partial charge in [0.15, 0.2) is 0 Å². The van der Waals surface area contributed by atoms with Crippen molar-refractivity contribution in [3.63, 3.8) is 0 Å². The van der Waals surface area contributed by atoms with Crippen molar-refractivity contribution in [2.75, 3.05) is 0 Å². The summed E-state index contributed by atoms with van der Waals surface area (Å²) in [5.41, 5.74) is 3.82. The van der Waals surface area contributed by atoms with Gasteiger partial charge in [0.2, 0.25) is 0 Å². The Morgan fingerprint density at radius 2 is 0.763 bits per heavy atom. The van der Waals surface area contributed by atoms with Crippen LogP contribution < -0.4 is 10.6 Å². The third kappa shape index (κ3) is 13.5. The normalized spacial score (nSPS) is 25.5. The molecule has 2 saturated heterocycles. The molecule has 0 aromatic heterocycles. The molecule has 0 unspecified atom stereocenters. The zero-order valence-corrected chi connectivity index (χ0v) is 26.4. The number of hydrogen-bond donors (Lipinski definition) is 0. The summed E-state index contributed by atoms with van der Waals surface area (Å²) in [6, 6.07) is 22.0. The molecule has 38 heavy (non-hydrogen) atoms. The van der Waals surface area contributed by atoms with Crippen molar-refractivity contribution in [2.24, 2.45) is 0 Å². The molecule has 2 aliphatic heterocycles. The molecule has 4 atom stereocenters. The molecule has 1 aliphatic carbocycles. The fraction of sp³-hybridized carbons (Fsp3) is 0.467. The van der Waals surface area contributed by atoms with Crippen LogP contribution in [-0.2, 0) is 19.5 Å². The Kier molecular flexibility index (Phi) is 17.2. The Balaban J connectivity index is 0.000000264. The minimum absolute atomic E-state index is 0. The van der Waals surface area contributed by atoms with E-state index in [0.29, 0.717) is 0 Å². The Bertz CT molecular complexity index is 835. The van der Waals surface area contributed by atoms with Gasteiger partial charge in [-0.1, -0.05) is 129 Å². The van der Waals surface area contributed by atoms with Gasteiger partial charge in [-0.2, -0.15) is 0 Å². The predicted octanol–water partition coefficient (Wildman–Crippen LogP) is 9.92. The number of allylic oxidation sites excluding steroid dienone is 4. The van der Waals surface area contributed by atoms with E-state index < -0.39 is 7.25 Å². The van der Waals surface area contributed by atoms with Gasteiger partial charge in [-0.25, -0.2) is 0 Å². The molecule has 0 saturated carbocycles. The van der Waals surface area contributed by atoms with Crippen molar-refractivity contribution in [3.05, 3.63) is 85.0 Å². The van der Waals surface area contributed by atoms with Gasteiger partial charge >= 0.3 is 7.25 Å². The molecule has 8 heteroatoms. The van der Waals surface area contributed by atoms with Crippen LogP contribution in [0.15, 0.2) is 85.0 Å². The van der Waals surface area contributed by atoms with Gasteiger partial charge in [0, 0.05) is 19.5 Å². The molecule has 3 aliphatic rings. The van der Waals surface area contributed by atoms with E-state index in [4.69, 9.17) is 0 Å². The first-order chi connectivity index (χ1) is 17.6. The summed E-state index contributed by atoms with van der Waals surface area (Å²) in [5, 5.41) is 3.19. The molecule has 0 amide bonds. The average molecular weight is 654 g/mol. The Morgan fingerprint density at radius 3 is 0.974 bits per heavy atom. The minimum atomic E-state index is -6.00. The topological polar surface area (TPSA) is 0 Å². The van der Waals surface area contributed by atoms with E-state index in [1.165, 1.54) is 38.5 Å². The van der Waals surface area contributed by atoms with Gasteiger partial charge in [-0.15, -0.1) is 0 Å². The van der Waals surface area contributed by atoms with E-state index in [-0.39, 0.29) is 35.3 Å². The molecule has 5 rings (SSSR count). The van der Waals surface area contributed by atoms with Crippen LogP contribution in [0.25, 0.3) is 0 Å². The SMILES string of the molecule is C1=CCC/C=C\CC1.C[C@@H]1C[C@@H](C)P1c1ccccc1.C[C@@H]1C[C@@H](C)P1c1ccccc1.F[B-](F)(F)F.[Rh]. The van der Waals surface area contributed by atoms with Crippen LogP contribution >= 0.6 is 15.8 Å². The number of hydrogen-bond acceptors (Lipinski definition) is 0. The second kappa shape index (κ2) is 18.5. The summed E-state index contributed by atoms with van der Waals surface area (Å²) >= 11 is 0. The smallest absolute Gasteiger partial charge is 0.418 e. The Labute approximate surface area is 243 Å². The first-order valence-electron chi connectivity index (χ1n) is 13.4.